The van der Waals surface area contributed by atoms with Crippen molar-refractivity contribution in [3.63, 3.8) is 0 Å². The monoisotopic (exact) mass is 568 g/mol. The fraction of sp³-hybridized carbons (Fsp3) is 0.192. The van der Waals surface area contributed by atoms with Crippen LogP contribution in [0.3, 0.4) is 0 Å². The Kier molecular flexibility index (Phi) is 7.27. The van der Waals surface area contributed by atoms with Crippen LogP contribution in [-0.2, 0) is 0 Å². The van der Waals surface area contributed by atoms with Gasteiger partial charge in [0.2, 0.25) is 0 Å². The zero-order valence-electron chi connectivity index (χ0n) is 20.6. The smallest absolute Gasteiger partial charge is 0.141 e. The molecule has 0 radical (unpaired) electrons. The van der Waals surface area contributed by atoms with Gasteiger partial charge in [-0.25, -0.2) is 9.37 Å². The fourth-order valence-electron chi connectivity index (χ4n) is 4.09. The van der Waals surface area contributed by atoms with Crippen LogP contribution >= 0.6 is 34.5 Å². The number of hydrogen-bond donors (Lipinski definition) is 4. The number of benzene rings is 2. The summed E-state index contributed by atoms with van der Waals surface area (Å²) in [6.45, 7) is 6.14. The number of rotatable bonds is 7. The third kappa shape index (κ3) is 5.06. The first-order chi connectivity index (χ1) is 18.2. The molecular formula is C26H23Cl2FN8S. The van der Waals surface area contributed by atoms with Crippen molar-refractivity contribution in [1.82, 2.24) is 25.9 Å². The molecule has 0 unspecified atom stereocenters. The molecule has 1 aliphatic heterocycles. The van der Waals surface area contributed by atoms with Gasteiger partial charge in [-0.2, -0.15) is 5.26 Å². The number of fused-ring (bicyclic) bond motifs is 1. The van der Waals surface area contributed by atoms with Gasteiger partial charge < -0.3 is 16.1 Å². The highest BCUT2D eigenvalue weighted by Crippen LogP contribution is 2.38. The summed E-state index contributed by atoms with van der Waals surface area (Å²) in [5.41, 5.74) is 12.6. The average Bonchev–Trinajstić information content (AvgIpc) is 3.55. The van der Waals surface area contributed by atoms with E-state index in [9.17, 15) is 9.65 Å². The molecule has 12 heteroatoms. The third-order valence-electron chi connectivity index (χ3n) is 6.06. The van der Waals surface area contributed by atoms with Crippen LogP contribution in [0.25, 0.3) is 10.9 Å². The molecule has 4 aromatic rings. The largest absolute Gasteiger partial charge is 0.372 e. The highest BCUT2D eigenvalue weighted by molar-refractivity contribution is 7.09. The zero-order valence-corrected chi connectivity index (χ0v) is 22.9. The molecule has 2 aromatic carbocycles. The maximum Gasteiger partial charge on any atom is 0.141 e. The molecule has 5 rings (SSSR count). The van der Waals surface area contributed by atoms with Crippen LogP contribution in [0, 0.1) is 24.1 Å². The molecule has 0 saturated heterocycles. The van der Waals surface area contributed by atoms with Crippen LogP contribution in [0.2, 0.25) is 10.0 Å². The minimum Gasteiger partial charge on any atom is -0.372 e. The summed E-state index contributed by atoms with van der Waals surface area (Å²) < 4.78 is 13.7. The van der Waals surface area contributed by atoms with Gasteiger partial charge in [0.1, 0.15) is 17.9 Å². The first-order valence-electron chi connectivity index (χ1n) is 11.7. The first kappa shape index (κ1) is 26.0. The lowest BCUT2D eigenvalue weighted by molar-refractivity contribution is 0.221. The zero-order chi connectivity index (χ0) is 27.0. The van der Waals surface area contributed by atoms with Crippen molar-refractivity contribution in [3.05, 3.63) is 85.9 Å². The summed E-state index contributed by atoms with van der Waals surface area (Å²) in [7, 11) is 0. The molecule has 194 valence electrons. The van der Waals surface area contributed by atoms with E-state index >= 15 is 0 Å². The highest BCUT2D eigenvalue weighted by atomic mass is 35.5. The minimum absolute atomic E-state index is 0.0311. The average molecular weight is 569 g/mol. The Morgan fingerprint density at radius 2 is 1.92 bits per heavy atom. The molecule has 3 heterocycles. The van der Waals surface area contributed by atoms with E-state index in [0.717, 1.165) is 16.3 Å². The number of pyridine rings is 1. The van der Waals surface area contributed by atoms with E-state index < -0.39 is 5.82 Å². The van der Waals surface area contributed by atoms with Crippen LogP contribution in [0.15, 0.2) is 53.9 Å². The summed E-state index contributed by atoms with van der Waals surface area (Å²) in [4.78, 5) is 9.90. The van der Waals surface area contributed by atoms with Crippen LogP contribution in [0.1, 0.15) is 36.0 Å². The van der Waals surface area contributed by atoms with Crippen molar-refractivity contribution in [2.75, 3.05) is 10.6 Å². The molecule has 38 heavy (non-hydrogen) atoms. The van der Waals surface area contributed by atoms with Gasteiger partial charge in [-0.1, -0.05) is 23.2 Å². The molecular weight excluding hydrogens is 546 g/mol. The van der Waals surface area contributed by atoms with Crippen LogP contribution in [-0.4, -0.2) is 21.0 Å². The summed E-state index contributed by atoms with van der Waals surface area (Å²) >= 11 is 14.2. The Balaban J connectivity index is 1.59. The molecule has 2 aromatic heterocycles. The molecule has 1 atom stereocenters. The predicted octanol–water partition coefficient (Wildman–Crippen LogP) is 6.79. The van der Waals surface area contributed by atoms with Gasteiger partial charge in [0.05, 0.1) is 48.6 Å². The molecule has 8 nitrogen and oxygen atoms in total. The van der Waals surface area contributed by atoms with Crippen molar-refractivity contribution in [2.24, 2.45) is 0 Å². The maximum atomic E-state index is 13.7. The van der Waals surface area contributed by atoms with E-state index in [1.807, 2.05) is 29.7 Å². The number of aryl methyl sites for hydroxylation is 1. The molecule has 0 spiro atoms. The van der Waals surface area contributed by atoms with Crippen LogP contribution < -0.4 is 21.6 Å². The number of thiazole rings is 1. The number of aromatic nitrogens is 2. The van der Waals surface area contributed by atoms with Gasteiger partial charge in [0, 0.05) is 35.2 Å². The summed E-state index contributed by atoms with van der Waals surface area (Å²) in [5.74, 6) is -0.531. The Labute approximate surface area is 233 Å². The highest BCUT2D eigenvalue weighted by Gasteiger charge is 2.26. The second kappa shape index (κ2) is 10.6. The standard InChI is InChI=1S/C26H23Cl2FN8S/c1-13(2)37-11-22(35-36-37)25(26-14(3)32-12-38-26)34-17-6-18-23(33-16-4-5-21(29)19(27)7-16)15(9-30)10-31-24(18)20(28)8-17/h4-8,10-13,25,34-36H,1-3H3,(H,31,33)/t25-/m1/s1. The van der Waals surface area contributed by atoms with Crippen molar-refractivity contribution in [2.45, 2.75) is 32.9 Å². The summed E-state index contributed by atoms with van der Waals surface area (Å²) in [6, 6.07) is 10.1. The summed E-state index contributed by atoms with van der Waals surface area (Å²) in [5, 5.41) is 19.6. The van der Waals surface area contributed by atoms with Crippen LogP contribution in [0.5, 0.6) is 0 Å². The molecule has 4 N–H and O–H groups in total. The van der Waals surface area contributed by atoms with Gasteiger partial charge >= 0.3 is 0 Å². The molecule has 1 aliphatic rings. The number of anilines is 3. The third-order valence-corrected chi connectivity index (χ3v) is 7.64. The quantitative estimate of drug-likeness (QED) is 0.193. The number of hydrogen-bond acceptors (Lipinski definition) is 9. The van der Waals surface area contributed by atoms with Gasteiger partial charge in [-0.3, -0.25) is 9.99 Å². The molecule has 0 amide bonds. The summed E-state index contributed by atoms with van der Waals surface area (Å²) in [6.07, 6.45) is 3.47. The molecule has 0 saturated carbocycles. The first-order valence-corrected chi connectivity index (χ1v) is 13.3. The van der Waals surface area contributed by atoms with E-state index in [2.05, 4.69) is 51.5 Å². The molecule has 0 fully saturated rings. The molecule has 0 aliphatic carbocycles. The van der Waals surface area contributed by atoms with Crippen molar-refractivity contribution in [1.29, 1.82) is 5.26 Å². The second-order valence-corrected chi connectivity index (χ2v) is 10.7. The lowest BCUT2D eigenvalue weighted by Gasteiger charge is -2.21. The van der Waals surface area contributed by atoms with E-state index in [1.54, 1.807) is 23.5 Å². The Hall–Kier alpha value is -3.62. The Morgan fingerprint density at radius 1 is 1.13 bits per heavy atom. The van der Waals surface area contributed by atoms with Crippen molar-refractivity contribution in [3.8, 4) is 6.07 Å². The minimum atomic E-state index is -0.531. The SMILES string of the molecule is Cc1ncsc1[C@H](Nc1cc(Cl)c2ncc(C#N)c(Nc3ccc(F)c(Cl)c3)c2c1)C1=CN(C(C)C)NN1. The van der Waals surface area contributed by atoms with Gasteiger partial charge in [-0.05, 0) is 51.1 Å². The second-order valence-electron chi connectivity index (χ2n) is 8.97. The van der Waals surface area contributed by atoms with Gasteiger partial charge in [-0.15, -0.1) is 16.9 Å². The van der Waals surface area contributed by atoms with E-state index in [-0.39, 0.29) is 17.1 Å². The number of halogens is 3. The fourth-order valence-corrected chi connectivity index (χ4v) is 5.41. The number of hydrazine groups is 2. The maximum absolute atomic E-state index is 13.7. The number of nitrogens with zero attached hydrogens (tertiary/aromatic N) is 4. The Morgan fingerprint density at radius 3 is 2.58 bits per heavy atom. The van der Waals surface area contributed by atoms with Crippen LogP contribution in [0.4, 0.5) is 21.5 Å². The van der Waals surface area contributed by atoms with Gasteiger partial charge in [0.15, 0.2) is 0 Å². The van der Waals surface area contributed by atoms with Crippen molar-refractivity contribution >= 4 is 62.5 Å². The molecule has 0 bridgehead atoms. The predicted molar refractivity (Wildman–Crippen MR) is 151 cm³/mol. The number of nitriles is 1. The lowest BCUT2D eigenvalue weighted by Crippen LogP contribution is -2.41. The van der Waals surface area contributed by atoms with Crippen molar-refractivity contribution < 1.29 is 4.39 Å². The topological polar surface area (TPSA) is 101 Å². The van der Waals surface area contributed by atoms with E-state index in [0.29, 0.717) is 38.6 Å². The normalized spacial score (nSPS) is 13.8. The van der Waals surface area contributed by atoms with Gasteiger partial charge in [0.25, 0.3) is 0 Å². The van der Waals surface area contributed by atoms with E-state index in [1.165, 1.54) is 18.3 Å². The van der Waals surface area contributed by atoms with E-state index in [4.69, 9.17) is 23.2 Å². The lowest BCUT2D eigenvalue weighted by atomic mass is 10.1. The number of nitrogens with one attached hydrogen (secondary N) is 4. The Bertz CT molecular complexity index is 1600.